The monoisotopic (exact) mass is 345 g/mol. The number of azo groups is 1. The first-order valence-electron chi connectivity index (χ1n) is 8.84. The summed E-state index contributed by atoms with van der Waals surface area (Å²) in [5.41, 5.74) is 1.89. The first kappa shape index (κ1) is 19.2. The van der Waals surface area contributed by atoms with Crippen LogP contribution in [0.2, 0.25) is 0 Å². The minimum absolute atomic E-state index is 0.130. The van der Waals surface area contributed by atoms with E-state index in [0.29, 0.717) is 5.82 Å². The van der Waals surface area contributed by atoms with E-state index in [9.17, 15) is 8.78 Å². The van der Waals surface area contributed by atoms with E-state index in [4.69, 9.17) is 0 Å². The summed E-state index contributed by atoms with van der Waals surface area (Å²) in [6.07, 6.45) is 8.57. The van der Waals surface area contributed by atoms with Gasteiger partial charge in [-0.1, -0.05) is 44.7 Å². The normalized spacial score (nSPS) is 12.0. The molecule has 0 N–H and O–H groups in total. The zero-order chi connectivity index (χ0) is 18.1. The summed E-state index contributed by atoms with van der Waals surface area (Å²) < 4.78 is 26.3. The predicted octanol–water partition coefficient (Wildman–Crippen LogP) is 7.12. The van der Waals surface area contributed by atoms with E-state index in [1.807, 2.05) is 12.1 Å². The maximum atomic E-state index is 13.1. The summed E-state index contributed by atoms with van der Waals surface area (Å²) in [6.45, 7) is 3.06. The lowest BCUT2D eigenvalue weighted by molar-refractivity contribution is 0.0171. The second kappa shape index (κ2) is 9.35. The fourth-order valence-corrected chi connectivity index (χ4v) is 2.48. The molecule has 0 amide bonds. The summed E-state index contributed by atoms with van der Waals surface area (Å²) in [7, 11) is 0. The van der Waals surface area contributed by atoms with Crippen LogP contribution < -0.4 is 0 Å². The van der Waals surface area contributed by atoms with Crippen molar-refractivity contribution in [2.75, 3.05) is 0 Å². The number of rotatable bonds is 9. The maximum absolute atomic E-state index is 13.1. The molecule has 0 unspecified atom stereocenters. The predicted molar refractivity (Wildman–Crippen MR) is 96.9 cm³/mol. The molecule has 134 valence electrons. The Hall–Kier alpha value is -2.17. The molecule has 0 aliphatic heterocycles. The lowest BCUT2D eigenvalue weighted by Gasteiger charge is -2.08. The van der Waals surface area contributed by atoms with Crippen LogP contribution in [0.3, 0.4) is 0 Å². The molecule has 0 spiro atoms. The number of unbranched alkanes of at least 4 members (excludes halogenated alkanes) is 4. The molecule has 0 fully saturated rings. The largest absolute Gasteiger partial charge is 0.272 e. The Morgan fingerprint density at radius 2 is 1.64 bits per heavy atom. The number of hydrogen-bond acceptors (Lipinski definition) is 3. The van der Waals surface area contributed by atoms with Crippen LogP contribution in [0.4, 0.5) is 20.3 Å². The average Bonchev–Trinajstić information content (AvgIpc) is 2.60. The Kier molecular flexibility index (Phi) is 7.16. The van der Waals surface area contributed by atoms with Crippen molar-refractivity contribution in [1.29, 1.82) is 0 Å². The summed E-state index contributed by atoms with van der Waals surface area (Å²) in [5.74, 6) is -2.58. The van der Waals surface area contributed by atoms with Crippen molar-refractivity contribution in [3.05, 3.63) is 53.7 Å². The van der Waals surface area contributed by atoms with Crippen molar-refractivity contribution in [3.63, 3.8) is 0 Å². The average molecular weight is 345 g/mol. The number of halogens is 2. The fourth-order valence-electron chi connectivity index (χ4n) is 2.48. The van der Waals surface area contributed by atoms with Crippen LogP contribution in [0.5, 0.6) is 0 Å². The zero-order valence-electron chi connectivity index (χ0n) is 14.9. The molecule has 0 aliphatic carbocycles. The van der Waals surface area contributed by atoms with Crippen LogP contribution >= 0.6 is 0 Å². The first-order valence-corrected chi connectivity index (χ1v) is 8.84. The topological polar surface area (TPSA) is 37.6 Å². The van der Waals surface area contributed by atoms with Crippen LogP contribution in [-0.2, 0) is 12.3 Å². The van der Waals surface area contributed by atoms with Gasteiger partial charge in [-0.15, -0.1) is 10.2 Å². The van der Waals surface area contributed by atoms with E-state index in [0.717, 1.165) is 25.2 Å². The lowest BCUT2D eigenvalue weighted by atomic mass is 10.1. The van der Waals surface area contributed by atoms with Crippen LogP contribution in [0.1, 0.15) is 57.1 Å². The smallest absolute Gasteiger partial charge is 0.235 e. The van der Waals surface area contributed by atoms with E-state index < -0.39 is 5.92 Å². The molecule has 2 aromatic rings. The van der Waals surface area contributed by atoms with Crippen molar-refractivity contribution in [2.24, 2.45) is 10.2 Å². The molecule has 1 aromatic heterocycles. The summed E-state index contributed by atoms with van der Waals surface area (Å²) in [6, 6.07) is 10.7. The molecule has 1 aromatic carbocycles. The van der Waals surface area contributed by atoms with Crippen molar-refractivity contribution < 1.29 is 8.78 Å². The van der Waals surface area contributed by atoms with Crippen LogP contribution in [0.15, 0.2) is 52.8 Å². The zero-order valence-corrected chi connectivity index (χ0v) is 14.9. The SMILES string of the molecule is CCCCCCCc1ccc(N=Nc2ccc(C(C)(F)F)cn2)cc1. The summed E-state index contributed by atoms with van der Waals surface area (Å²) in [5, 5.41) is 8.10. The van der Waals surface area contributed by atoms with Crippen molar-refractivity contribution >= 4 is 11.5 Å². The Morgan fingerprint density at radius 3 is 2.24 bits per heavy atom. The van der Waals surface area contributed by atoms with E-state index >= 15 is 0 Å². The molecule has 0 radical (unpaired) electrons. The minimum Gasteiger partial charge on any atom is -0.235 e. The summed E-state index contributed by atoms with van der Waals surface area (Å²) in [4.78, 5) is 3.90. The van der Waals surface area contributed by atoms with Gasteiger partial charge in [0.2, 0.25) is 0 Å². The Morgan fingerprint density at radius 1 is 0.920 bits per heavy atom. The molecule has 2 rings (SSSR count). The highest BCUT2D eigenvalue weighted by Crippen LogP contribution is 2.27. The third kappa shape index (κ3) is 6.69. The molecule has 0 bridgehead atoms. The molecule has 25 heavy (non-hydrogen) atoms. The molecular formula is C20H25F2N3. The number of aromatic nitrogens is 1. The second-order valence-electron chi connectivity index (χ2n) is 6.32. The van der Waals surface area contributed by atoms with Gasteiger partial charge in [-0.2, -0.15) is 0 Å². The van der Waals surface area contributed by atoms with E-state index in [2.05, 4.69) is 34.3 Å². The van der Waals surface area contributed by atoms with Gasteiger partial charge in [-0.3, -0.25) is 0 Å². The number of alkyl halides is 2. The van der Waals surface area contributed by atoms with Gasteiger partial charge in [0.25, 0.3) is 5.92 Å². The molecule has 0 saturated carbocycles. The third-order valence-corrected chi connectivity index (χ3v) is 4.03. The highest BCUT2D eigenvalue weighted by Gasteiger charge is 2.24. The Balaban J connectivity index is 1.87. The molecule has 0 aliphatic rings. The van der Waals surface area contributed by atoms with E-state index in [-0.39, 0.29) is 5.56 Å². The van der Waals surface area contributed by atoms with Crippen LogP contribution in [-0.4, -0.2) is 4.98 Å². The number of hydrogen-bond donors (Lipinski definition) is 0. The van der Waals surface area contributed by atoms with Crippen molar-refractivity contribution in [2.45, 2.75) is 58.3 Å². The molecule has 0 atom stereocenters. The fraction of sp³-hybridized carbons (Fsp3) is 0.450. The second-order valence-corrected chi connectivity index (χ2v) is 6.32. The number of aryl methyl sites for hydroxylation is 1. The van der Waals surface area contributed by atoms with Gasteiger partial charge in [-0.05, 0) is 42.7 Å². The molecule has 5 heteroatoms. The molecule has 0 saturated heterocycles. The van der Waals surface area contributed by atoms with Crippen LogP contribution in [0.25, 0.3) is 0 Å². The standard InChI is InChI=1S/C20H25F2N3/c1-3-4-5-6-7-8-16-9-12-18(13-10-16)24-25-19-14-11-17(15-23-19)20(2,21)22/h9-15H,3-8H2,1-2H3. The van der Waals surface area contributed by atoms with Gasteiger partial charge in [0.15, 0.2) is 5.82 Å². The number of benzene rings is 1. The first-order chi connectivity index (χ1) is 12.0. The van der Waals surface area contributed by atoms with E-state index in [1.54, 1.807) is 0 Å². The minimum atomic E-state index is -2.89. The summed E-state index contributed by atoms with van der Waals surface area (Å²) >= 11 is 0. The Labute approximate surface area is 148 Å². The number of pyridine rings is 1. The van der Waals surface area contributed by atoms with Gasteiger partial charge in [-0.25, -0.2) is 13.8 Å². The molecule has 1 heterocycles. The van der Waals surface area contributed by atoms with E-state index in [1.165, 1.54) is 49.8 Å². The van der Waals surface area contributed by atoms with Crippen LogP contribution in [0, 0.1) is 0 Å². The van der Waals surface area contributed by atoms with Gasteiger partial charge >= 0.3 is 0 Å². The van der Waals surface area contributed by atoms with Crippen molar-refractivity contribution in [1.82, 2.24) is 4.98 Å². The van der Waals surface area contributed by atoms with Gasteiger partial charge < -0.3 is 0 Å². The lowest BCUT2D eigenvalue weighted by Crippen LogP contribution is -2.06. The maximum Gasteiger partial charge on any atom is 0.272 e. The Bertz CT molecular complexity index is 659. The highest BCUT2D eigenvalue weighted by atomic mass is 19.3. The van der Waals surface area contributed by atoms with Gasteiger partial charge in [0, 0.05) is 18.7 Å². The van der Waals surface area contributed by atoms with Gasteiger partial charge in [0.1, 0.15) is 0 Å². The quantitative estimate of drug-likeness (QED) is 0.352. The number of nitrogens with zero attached hydrogens (tertiary/aromatic N) is 3. The third-order valence-electron chi connectivity index (χ3n) is 4.03. The van der Waals surface area contributed by atoms with Gasteiger partial charge in [0.05, 0.1) is 5.69 Å². The van der Waals surface area contributed by atoms with Crippen molar-refractivity contribution in [3.8, 4) is 0 Å². The molecular weight excluding hydrogens is 320 g/mol. The highest BCUT2D eigenvalue weighted by molar-refractivity contribution is 5.39. The molecule has 3 nitrogen and oxygen atoms in total.